The van der Waals surface area contributed by atoms with Gasteiger partial charge in [-0.1, -0.05) is 19.1 Å². The number of benzene rings is 1. The molecule has 1 rings (SSSR count). The summed E-state index contributed by atoms with van der Waals surface area (Å²) in [6, 6.07) is 5.61. The van der Waals surface area contributed by atoms with Gasteiger partial charge in [0.2, 0.25) is 0 Å². The topological polar surface area (TPSA) is 12.0 Å². The van der Waals surface area contributed by atoms with Gasteiger partial charge in [-0.05, 0) is 37.6 Å². The molecule has 0 aromatic heterocycles. The summed E-state index contributed by atoms with van der Waals surface area (Å²) in [6.45, 7) is 3.90. The molecule has 0 fully saturated rings. The lowest BCUT2D eigenvalue weighted by Crippen LogP contribution is -2.15. The van der Waals surface area contributed by atoms with Crippen LogP contribution in [-0.4, -0.2) is 7.05 Å². The predicted molar refractivity (Wildman–Crippen MR) is 53.2 cm³/mol. The zero-order valence-electron chi connectivity index (χ0n) is 8.39. The summed E-state index contributed by atoms with van der Waals surface area (Å²) < 4.78 is 12.9. The van der Waals surface area contributed by atoms with E-state index in [0.29, 0.717) is 11.6 Å². The molecule has 0 aliphatic rings. The van der Waals surface area contributed by atoms with Crippen LogP contribution in [0.25, 0.3) is 0 Å². The first-order valence-corrected chi connectivity index (χ1v) is 4.62. The highest BCUT2D eigenvalue weighted by molar-refractivity contribution is 5.26. The van der Waals surface area contributed by atoms with Crippen molar-refractivity contribution in [1.29, 1.82) is 0 Å². The molecule has 1 aromatic rings. The summed E-state index contributed by atoms with van der Waals surface area (Å²) in [4.78, 5) is 0. The lowest BCUT2D eigenvalue weighted by atomic mass is 10.0. The quantitative estimate of drug-likeness (QED) is 0.756. The van der Waals surface area contributed by atoms with Gasteiger partial charge in [-0.25, -0.2) is 4.39 Å². The first-order chi connectivity index (χ1) is 6.19. The second-order valence-corrected chi connectivity index (χ2v) is 3.26. The molecule has 0 heterocycles. The Kier molecular flexibility index (Phi) is 3.43. The number of hydrogen-bond donors (Lipinski definition) is 1. The zero-order valence-corrected chi connectivity index (χ0v) is 8.39. The molecule has 1 aromatic carbocycles. The number of nitrogens with one attached hydrogen (secondary N) is 1. The van der Waals surface area contributed by atoms with Crippen LogP contribution < -0.4 is 5.32 Å². The summed E-state index contributed by atoms with van der Waals surface area (Å²) >= 11 is 0. The highest BCUT2D eigenvalue weighted by Gasteiger charge is 2.07. The van der Waals surface area contributed by atoms with Crippen LogP contribution in [0, 0.1) is 12.7 Å². The van der Waals surface area contributed by atoms with Crippen LogP contribution in [0.5, 0.6) is 0 Å². The Bertz CT molecular complexity index is 279. The Balaban J connectivity index is 2.95. The van der Waals surface area contributed by atoms with Gasteiger partial charge in [0.05, 0.1) is 0 Å². The van der Waals surface area contributed by atoms with E-state index in [1.54, 1.807) is 6.92 Å². The third-order valence-electron chi connectivity index (χ3n) is 2.34. The Morgan fingerprint density at radius 1 is 1.46 bits per heavy atom. The summed E-state index contributed by atoms with van der Waals surface area (Å²) in [5, 5.41) is 3.19. The van der Waals surface area contributed by atoms with Gasteiger partial charge in [0.1, 0.15) is 5.82 Å². The summed E-state index contributed by atoms with van der Waals surface area (Å²) in [5.41, 5.74) is 1.87. The summed E-state index contributed by atoms with van der Waals surface area (Å²) in [5.74, 6) is -0.130. The van der Waals surface area contributed by atoms with Gasteiger partial charge in [-0.15, -0.1) is 0 Å². The molecule has 0 amide bonds. The highest BCUT2D eigenvalue weighted by atomic mass is 19.1. The second-order valence-electron chi connectivity index (χ2n) is 3.26. The molecule has 0 radical (unpaired) electrons. The van der Waals surface area contributed by atoms with Gasteiger partial charge in [-0.2, -0.15) is 0 Å². The predicted octanol–water partition coefficient (Wildman–Crippen LogP) is 2.80. The van der Waals surface area contributed by atoms with Gasteiger partial charge in [0.25, 0.3) is 0 Å². The molecule has 2 heteroatoms. The molecule has 1 atom stereocenters. The molecule has 0 bridgehead atoms. The number of aryl methyl sites for hydroxylation is 1. The van der Waals surface area contributed by atoms with Crippen LogP contribution in [0.3, 0.4) is 0 Å². The van der Waals surface area contributed by atoms with E-state index in [4.69, 9.17) is 0 Å². The van der Waals surface area contributed by atoms with E-state index in [1.807, 2.05) is 19.2 Å². The van der Waals surface area contributed by atoms with Crippen LogP contribution in [0.4, 0.5) is 4.39 Å². The molecule has 0 aliphatic heterocycles. The number of rotatable bonds is 3. The fraction of sp³-hybridized carbons (Fsp3) is 0.455. The lowest BCUT2D eigenvalue weighted by molar-refractivity contribution is 0.570. The Morgan fingerprint density at radius 3 is 2.62 bits per heavy atom. The maximum Gasteiger partial charge on any atom is 0.126 e. The third kappa shape index (κ3) is 2.28. The normalized spacial score (nSPS) is 12.9. The highest BCUT2D eigenvalue weighted by Crippen LogP contribution is 2.18. The van der Waals surface area contributed by atoms with Crippen LogP contribution in [-0.2, 0) is 0 Å². The van der Waals surface area contributed by atoms with Crippen LogP contribution in [0.15, 0.2) is 18.2 Å². The minimum absolute atomic E-state index is 0.130. The Morgan fingerprint density at radius 2 is 2.15 bits per heavy atom. The average Bonchev–Trinajstić information content (AvgIpc) is 2.13. The molecule has 0 aliphatic carbocycles. The molecule has 1 N–H and O–H groups in total. The number of hydrogen-bond acceptors (Lipinski definition) is 1. The lowest BCUT2D eigenvalue weighted by Gasteiger charge is -2.14. The van der Waals surface area contributed by atoms with Crippen molar-refractivity contribution in [2.75, 3.05) is 7.05 Å². The summed E-state index contributed by atoms with van der Waals surface area (Å²) in [7, 11) is 1.92. The van der Waals surface area contributed by atoms with E-state index in [1.165, 1.54) is 6.07 Å². The van der Waals surface area contributed by atoms with Gasteiger partial charge in [0.15, 0.2) is 0 Å². The molecule has 0 saturated carbocycles. The molecule has 1 unspecified atom stereocenters. The maximum absolute atomic E-state index is 12.9. The van der Waals surface area contributed by atoms with E-state index in [0.717, 1.165) is 12.0 Å². The fourth-order valence-corrected chi connectivity index (χ4v) is 1.49. The SMILES string of the molecule is CCC(NC)c1ccc(F)c(C)c1. The molecule has 0 spiro atoms. The van der Waals surface area contributed by atoms with Gasteiger partial charge in [-0.3, -0.25) is 0 Å². The molecule has 1 nitrogen and oxygen atoms in total. The van der Waals surface area contributed by atoms with E-state index in [-0.39, 0.29) is 5.82 Å². The van der Waals surface area contributed by atoms with Crippen molar-refractivity contribution in [1.82, 2.24) is 5.32 Å². The van der Waals surface area contributed by atoms with E-state index in [9.17, 15) is 4.39 Å². The second kappa shape index (κ2) is 4.38. The number of halogens is 1. The molecule has 0 saturated heterocycles. The first-order valence-electron chi connectivity index (χ1n) is 4.62. The minimum Gasteiger partial charge on any atom is -0.313 e. The van der Waals surface area contributed by atoms with Crippen LogP contribution in [0.1, 0.15) is 30.5 Å². The molecule has 72 valence electrons. The monoisotopic (exact) mass is 181 g/mol. The Hall–Kier alpha value is -0.890. The van der Waals surface area contributed by atoms with E-state index in [2.05, 4.69) is 12.2 Å². The van der Waals surface area contributed by atoms with Crippen molar-refractivity contribution in [2.24, 2.45) is 0 Å². The van der Waals surface area contributed by atoms with Crippen LogP contribution >= 0.6 is 0 Å². The average molecular weight is 181 g/mol. The van der Waals surface area contributed by atoms with Gasteiger partial charge < -0.3 is 5.32 Å². The largest absolute Gasteiger partial charge is 0.313 e. The summed E-state index contributed by atoms with van der Waals surface area (Å²) in [6.07, 6.45) is 1.02. The van der Waals surface area contributed by atoms with Crippen molar-refractivity contribution >= 4 is 0 Å². The van der Waals surface area contributed by atoms with Gasteiger partial charge in [0, 0.05) is 6.04 Å². The van der Waals surface area contributed by atoms with Crippen molar-refractivity contribution in [3.05, 3.63) is 35.1 Å². The Labute approximate surface area is 79.0 Å². The van der Waals surface area contributed by atoms with Crippen molar-refractivity contribution < 1.29 is 4.39 Å². The van der Waals surface area contributed by atoms with E-state index < -0.39 is 0 Å². The minimum atomic E-state index is -0.130. The standard InChI is InChI=1S/C11H16FN/c1-4-11(13-3)9-5-6-10(12)8(2)7-9/h5-7,11,13H,4H2,1-3H3. The molecular formula is C11H16FN. The van der Waals surface area contributed by atoms with E-state index >= 15 is 0 Å². The van der Waals surface area contributed by atoms with Crippen molar-refractivity contribution in [3.63, 3.8) is 0 Å². The fourth-order valence-electron chi connectivity index (χ4n) is 1.49. The molecular weight excluding hydrogens is 165 g/mol. The van der Waals surface area contributed by atoms with Crippen molar-refractivity contribution in [3.8, 4) is 0 Å². The molecule has 13 heavy (non-hydrogen) atoms. The van der Waals surface area contributed by atoms with Gasteiger partial charge >= 0.3 is 0 Å². The zero-order chi connectivity index (χ0) is 9.84. The third-order valence-corrected chi connectivity index (χ3v) is 2.34. The maximum atomic E-state index is 12.9. The van der Waals surface area contributed by atoms with Crippen LogP contribution in [0.2, 0.25) is 0 Å². The van der Waals surface area contributed by atoms with Crippen molar-refractivity contribution in [2.45, 2.75) is 26.3 Å². The first kappa shape index (κ1) is 10.2. The smallest absolute Gasteiger partial charge is 0.126 e.